The van der Waals surface area contributed by atoms with Crippen LogP contribution in [0.15, 0.2) is 29.2 Å². The van der Waals surface area contributed by atoms with Gasteiger partial charge in [0.05, 0.1) is 4.90 Å². The van der Waals surface area contributed by atoms with Gasteiger partial charge >= 0.3 is 0 Å². The van der Waals surface area contributed by atoms with Crippen molar-refractivity contribution < 1.29 is 13.2 Å². The van der Waals surface area contributed by atoms with Crippen LogP contribution in [-0.2, 0) is 14.8 Å². The second-order valence-corrected chi connectivity index (χ2v) is 10.1. The first-order chi connectivity index (χ1) is 13.0. The summed E-state index contributed by atoms with van der Waals surface area (Å²) in [6.07, 6.45) is 3.39. The summed E-state index contributed by atoms with van der Waals surface area (Å²) in [4.78, 5) is 15.4. The lowest BCUT2D eigenvalue weighted by Gasteiger charge is -2.29. The molecule has 0 radical (unpaired) electrons. The van der Waals surface area contributed by atoms with E-state index in [0.29, 0.717) is 24.8 Å². The Morgan fingerprint density at radius 1 is 1.00 bits per heavy atom. The Hall–Kier alpha value is -1.44. The molecule has 0 aliphatic carbocycles. The number of sulfonamides is 1. The Bertz CT molecular complexity index is 779. The van der Waals surface area contributed by atoms with Crippen LogP contribution >= 0.6 is 0 Å². The summed E-state index contributed by atoms with van der Waals surface area (Å²) in [6, 6.07) is 6.35. The van der Waals surface area contributed by atoms with Gasteiger partial charge in [-0.1, -0.05) is 17.7 Å². The average molecular weight is 392 g/mol. The normalized spacial score (nSPS) is 29.5. The lowest BCUT2D eigenvalue weighted by Crippen LogP contribution is -2.48. The van der Waals surface area contributed by atoms with Crippen molar-refractivity contribution in [3.63, 3.8) is 0 Å². The highest BCUT2D eigenvalue weighted by molar-refractivity contribution is 7.89. The number of nitrogens with zero attached hydrogens (tertiary/aromatic N) is 2. The van der Waals surface area contributed by atoms with E-state index in [-0.39, 0.29) is 10.8 Å². The summed E-state index contributed by atoms with van der Waals surface area (Å²) in [5, 5.41) is 3.45. The molecule has 1 amide bonds. The van der Waals surface area contributed by atoms with Crippen molar-refractivity contribution >= 4 is 15.9 Å². The van der Waals surface area contributed by atoms with Crippen molar-refractivity contribution in [2.75, 3.05) is 32.7 Å². The zero-order valence-corrected chi connectivity index (χ0v) is 16.7. The minimum Gasteiger partial charge on any atom is -0.341 e. The Morgan fingerprint density at radius 2 is 1.63 bits per heavy atom. The Labute approximate surface area is 162 Å². The fourth-order valence-electron chi connectivity index (χ4n) is 4.77. The zero-order chi connectivity index (χ0) is 19.0. The van der Waals surface area contributed by atoms with Gasteiger partial charge in [0.2, 0.25) is 15.9 Å². The van der Waals surface area contributed by atoms with Crippen LogP contribution in [0.3, 0.4) is 0 Å². The molecule has 27 heavy (non-hydrogen) atoms. The fourth-order valence-corrected chi connectivity index (χ4v) is 6.42. The van der Waals surface area contributed by atoms with E-state index in [1.54, 1.807) is 24.3 Å². The van der Waals surface area contributed by atoms with Crippen LogP contribution in [0.1, 0.15) is 31.2 Å². The molecule has 3 heterocycles. The highest BCUT2D eigenvalue weighted by Gasteiger charge is 2.42. The predicted molar refractivity (Wildman–Crippen MR) is 104 cm³/mol. The summed E-state index contributed by atoms with van der Waals surface area (Å²) in [6.45, 7) is 5.94. The molecule has 3 saturated heterocycles. The van der Waals surface area contributed by atoms with Gasteiger partial charge in [-0.25, -0.2) is 8.42 Å². The zero-order valence-electron chi connectivity index (χ0n) is 15.9. The number of aryl methyl sites for hydroxylation is 1. The number of carbonyl (C=O) groups excluding carboxylic acids is 1. The molecule has 1 N–H and O–H groups in total. The van der Waals surface area contributed by atoms with Gasteiger partial charge in [-0.2, -0.15) is 4.31 Å². The Kier molecular flexibility index (Phi) is 5.27. The van der Waals surface area contributed by atoms with Crippen LogP contribution in [0.4, 0.5) is 0 Å². The second kappa shape index (κ2) is 7.53. The first-order valence-corrected chi connectivity index (χ1v) is 11.5. The van der Waals surface area contributed by atoms with E-state index in [2.05, 4.69) is 5.32 Å². The summed E-state index contributed by atoms with van der Waals surface area (Å²) in [7, 11) is -3.64. The molecule has 3 aliphatic rings. The van der Waals surface area contributed by atoms with E-state index < -0.39 is 16.1 Å². The summed E-state index contributed by atoms with van der Waals surface area (Å²) < 4.78 is 27.7. The number of likely N-dealkylation sites (tertiary alicyclic amines) is 1. The Morgan fingerprint density at radius 3 is 2.26 bits per heavy atom. The molecule has 4 rings (SSSR count). The smallest absolute Gasteiger partial charge is 0.243 e. The third-order valence-corrected chi connectivity index (χ3v) is 8.37. The van der Waals surface area contributed by atoms with Crippen molar-refractivity contribution in [3.8, 4) is 0 Å². The molecule has 1 unspecified atom stereocenters. The van der Waals surface area contributed by atoms with Gasteiger partial charge in [0, 0.05) is 19.6 Å². The van der Waals surface area contributed by atoms with Gasteiger partial charge in [0.25, 0.3) is 0 Å². The first kappa shape index (κ1) is 18.9. The van der Waals surface area contributed by atoms with Crippen LogP contribution in [0.2, 0.25) is 0 Å². The second-order valence-electron chi connectivity index (χ2n) is 8.17. The number of fused-ring (bicyclic) bond motifs is 1. The van der Waals surface area contributed by atoms with Crippen molar-refractivity contribution in [2.45, 2.75) is 43.5 Å². The molecule has 0 aromatic heterocycles. The lowest BCUT2D eigenvalue weighted by atomic mass is 9.92. The number of hydrogen-bond donors (Lipinski definition) is 1. The maximum absolute atomic E-state index is 13.2. The molecule has 1 aromatic rings. The SMILES string of the molecule is Cc1ccc(S(=O)(=O)N2CCCC2C(=O)N2CC[C@@H]3CNC[C@@H]3CC2)cc1. The summed E-state index contributed by atoms with van der Waals surface area (Å²) in [5.74, 6) is 1.30. The minimum atomic E-state index is -3.64. The fraction of sp³-hybridized carbons (Fsp3) is 0.650. The number of nitrogens with one attached hydrogen (secondary N) is 1. The summed E-state index contributed by atoms with van der Waals surface area (Å²) in [5.41, 5.74) is 1.02. The largest absolute Gasteiger partial charge is 0.341 e. The molecule has 1 aromatic carbocycles. The number of carbonyl (C=O) groups is 1. The first-order valence-electron chi connectivity index (χ1n) is 10.0. The molecule has 0 saturated carbocycles. The minimum absolute atomic E-state index is 0.00359. The van der Waals surface area contributed by atoms with E-state index >= 15 is 0 Å². The quantitative estimate of drug-likeness (QED) is 0.850. The lowest BCUT2D eigenvalue weighted by molar-refractivity contribution is -0.134. The van der Waals surface area contributed by atoms with Crippen molar-refractivity contribution in [1.82, 2.24) is 14.5 Å². The van der Waals surface area contributed by atoms with Gasteiger partial charge in [-0.15, -0.1) is 0 Å². The van der Waals surface area contributed by atoms with Crippen LogP contribution in [-0.4, -0.2) is 62.3 Å². The van der Waals surface area contributed by atoms with E-state index in [1.807, 2.05) is 11.8 Å². The van der Waals surface area contributed by atoms with E-state index in [1.165, 1.54) is 4.31 Å². The maximum Gasteiger partial charge on any atom is 0.243 e. The van der Waals surface area contributed by atoms with Crippen molar-refractivity contribution in [1.29, 1.82) is 0 Å². The van der Waals surface area contributed by atoms with Crippen LogP contribution < -0.4 is 5.32 Å². The van der Waals surface area contributed by atoms with Gasteiger partial charge < -0.3 is 10.2 Å². The molecule has 6 nitrogen and oxygen atoms in total. The summed E-state index contributed by atoms with van der Waals surface area (Å²) >= 11 is 0. The van der Waals surface area contributed by atoms with E-state index in [9.17, 15) is 13.2 Å². The van der Waals surface area contributed by atoms with Gasteiger partial charge in [0.15, 0.2) is 0 Å². The third-order valence-electron chi connectivity index (χ3n) is 6.45. The molecule has 3 fully saturated rings. The van der Waals surface area contributed by atoms with Gasteiger partial charge in [-0.3, -0.25) is 4.79 Å². The highest BCUT2D eigenvalue weighted by atomic mass is 32.2. The van der Waals surface area contributed by atoms with E-state index in [0.717, 1.165) is 51.0 Å². The van der Waals surface area contributed by atoms with Crippen LogP contribution in [0.5, 0.6) is 0 Å². The van der Waals surface area contributed by atoms with Gasteiger partial charge in [-0.05, 0) is 69.7 Å². The number of hydrogen-bond acceptors (Lipinski definition) is 4. The molecule has 3 atom stereocenters. The number of rotatable bonds is 3. The van der Waals surface area contributed by atoms with Gasteiger partial charge in [0.1, 0.15) is 6.04 Å². The maximum atomic E-state index is 13.2. The molecule has 0 bridgehead atoms. The molecular weight excluding hydrogens is 362 g/mol. The van der Waals surface area contributed by atoms with Crippen LogP contribution in [0, 0.1) is 18.8 Å². The third kappa shape index (κ3) is 3.65. The topological polar surface area (TPSA) is 69.7 Å². The monoisotopic (exact) mass is 391 g/mol. The molecule has 148 valence electrons. The molecule has 0 spiro atoms. The van der Waals surface area contributed by atoms with Crippen molar-refractivity contribution in [3.05, 3.63) is 29.8 Å². The highest BCUT2D eigenvalue weighted by Crippen LogP contribution is 2.31. The number of benzene rings is 1. The van der Waals surface area contributed by atoms with Crippen LogP contribution in [0.25, 0.3) is 0 Å². The number of amides is 1. The average Bonchev–Trinajstić information content (AvgIpc) is 3.28. The predicted octanol–water partition coefficient (Wildman–Crippen LogP) is 1.61. The standard InChI is InChI=1S/C20H29N3O3S/c1-15-4-6-18(7-5-15)27(25,26)23-10-2-3-19(23)20(24)22-11-8-16-13-21-14-17(16)9-12-22/h4-7,16-17,19,21H,2-3,8-14H2,1H3/t16-,17+,19?. The molecular formula is C20H29N3O3S. The molecule has 7 heteroatoms. The Balaban J connectivity index is 1.50. The van der Waals surface area contributed by atoms with Crippen molar-refractivity contribution in [2.24, 2.45) is 11.8 Å². The molecule has 3 aliphatic heterocycles. The van der Waals surface area contributed by atoms with E-state index in [4.69, 9.17) is 0 Å².